The van der Waals surface area contributed by atoms with Gasteiger partial charge in [-0.1, -0.05) is 12.1 Å². The van der Waals surface area contributed by atoms with E-state index in [1.807, 2.05) is 31.2 Å². The zero-order valence-corrected chi connectivity index (χ0v) is 14.6. The number of aryl methyl sites for hydroxylation is 2. The third-order valence-corrected chi connectivity index (χ3v) is 3.79. The number of thiocarbonyl (C=S) groups is 1. The summed E-state index contributed by atoms with van der Waals surface area (Å²) in [6.07, 6.45) is 0. The predicted molar refractivity (Wildman–Crippen MR) is 100 cm³/mol. The van der Waals surface area contributed by atoms with Gasteiger partial charge in [0.05, 0.1) is 12.8 Å². The molecule has 0 amide bonds. The number of hydrogen-bond donors (Lipinski definition) is 2. The van der Waals surface area contributed by atoms with Crippen LogP contribution in [0.15, 0.2) is 47.6 Å². The van der Waals surface area contributed by atoms with Gasteiger partial charge >= 0.3 is 0 Å². The van der Waals surface area contributed by atoms with Gasteiger partial charge in [0.15, 0.2) is 5.11 Å². The number of benzene rings is 2. The fourth-order valence-electron chi connectivity index (χ4n) is 2.00. The van der Waals surface area contributed by atoms with Crippen LogP contribution in [0.5, 0.6) is 5.75 Å². The monoisotopic (exact) mass is 327 g/mol. The van der Waals surface area contributed by atoms with E-state index in [4.69, 9.17) is 17.0 Å². The topological polar surface area (TPSA) is 45.6 Å². The molecule has 0 unspecified atom stereocenters. The van der Waals surface area contributed by atoms with Crippen molar-refractivity contribution in [2.75, 3.05) is 12.4 Å². The molecule has 2 rings (SSSR count). The van der Waals surface area contributed by atoms with E-state index in [-0.39, 0.29) is 0 Å². The minimum absolute atomic E-state index is 0.443. The van der Waals surface area contributed by atoms with E-state index in [1.165, 1.54) is 11.1 Å². The van der Waals surface area contributed by atoms with Crippen molar-refractivity contribution >= 4 is 28.7 Å². The maximum absolute atomic E-state index is 5.25. The molecular weight excluding hydrogens is 306 g/mol. The van der Waals surface area contributed by atoms with Crippen molar-refractivity contribution in [2.45, 2.75) is 20.8 Å². The fourth-order valence-corrected chi connectivity index (χ4v) is 2.16. The van der Waals surface area contributed by atoms with Gasteiger partial charge in [-0.25, -0.2) is 0 Å². The van der Waals surface area contributed by atoms with E-state index >= 15 is 0 Å². The molecule has 0 aromatic heterocycles. The number of rotatable bonds is 4. The van der Waals surface area contributed by atoms with Crippen molar-refractivity contribution in [3.05, 3.63) is 59.2 Å². The van der Waals surface area contributed by atoms with Crippen molar-refractivity contribution in [1.82, 2.24) is 5.43 Å². The van der Waals surface area contributed by atoms with E-state index in [2.05, 4.69) is 47.9 Å². The zero-order chi connectivity index (χ0) is 16.8. The van der Waals surface area contributed by atoms with Gasteiger partial charge in [0, 0.05) is 5.69 Å². The van der Waals surface area contributed by atoms with E-state index < -0.39 is 0 Å². The third kappa shape index (κ3) is 4.79. The van der Waals surface area contributed by atoms with Gasteiger partial charge in [0.25, 0.3) is 0 Å². The van der Waals surface area contributed by atoms with Crippen molar-refractivity contribution in [3.63, 3.8) is 0 Å². The molecule has 0 radical (unpaired) electrons. The standard InChI is InChI=1S/C18H21N3OS/c1-12-5-6-15(11-13(12)2)14(3)20-21-18(23)19-16-7-9-17(22-4)10-8-16/h5-11H,1-4H3,(H2,19,21,23)/b20-14-. The van der Waals surface area contributed by atoms with Gasteiger partial charge in [-0.15, -0.1) is 0 Å². The molecule has 120 valence electrons. The number of nitrogens with zero attached hydrogens (tertiary/aromatic N) is 1. The number of methoxy groups -OCH3 is 1. The lowest BCUT2D eigenvalue weighted by Crippen LogP contribution is -2.24. The molecule has 0 heterocycles. The van der Waals surface area contributed by atoms with E-state index in [0.29, 0.717) is 5.11 Å². The highest BCUT2D eigenvalue weighted by molar-refractivity contribution is 7.80. The number of hydrazone groups is 1. The number of hydrogen-bond acceptors (Lipinski definition) is 3. The number of nitrogens with one attached hydrogen (secondary N) is 2. The van der Waals surface area contributed by atoms with E-state index in [9.17, 15) is 0 Å². The summed E-state index contributed by atoms with van der Waals surface area (Å²) in [6.45, 7) is 6.14. The summed E-state index contributed by atoms with van der Waals surface area (Å²) in [5.41, 5.74) is 8.22. The smallest absolute Gasteiger partial charge is 0.191 e. The molecule has 4 nitrogen and oxygen atoms in total. The Morgan fingerprint density at radius 1 is 1.04 bits per heavy atom. The molecule has 2 N–H and O–H groups in total. The lowest BCUT2D eigenvalue weighted by molar-refractivity contribution is 0.415. The SMILES string of the molecule is COc1ccc(NC(=S)N/N=C(/C)c2ccc(C)c(C)c2)cc1. The van der Waals surface area contributed by atoms with Crippen molar-refractivity contribution < 1.29 is 4.74 Å². The van der Waals surface area contributed by atoms with Crippen molar-refractivity contribution in [1.29, 1.82) is 0 Å². The van der Waals surface area contributed by atoms with Crippen LogP contribution in [0.25, 0.3) is 0 Å². The quantitative estimate of drug-likeness (QED) is 0.506. The average molecular weight is 327 g/mol. The maximum atomic E-state index is 5.25. The summed E-state index contributed by atoms with van der Waals surface area (Å²) in [6, 6.07) is 13.8. The first-order valence-electron chi connectivity index (χ1n) is 7.32. The first-order valence-corrected chi connectivity index (χ1v) is 7.73. The summed E-state index contributed by atoms with van der Waals surface area (Å²) in [4.78, 5) is 0. The van der Waals surface area contributed by atoms with Gasteiger partial charge in [0.2, 0.25) is 0 Å². The van der Waals surface area contributed by atoms with Gasteiger partial charge in [-0.3, -0.25) is 5.43 Å². The second-order valence-corrected chi connectivity index (χ2v) is 5.70. The predicted octanol–water partition coefficient (Wildman–Crippen LogP) is 4.02. The molecule has 0 atom stereocenters. The molecule has 0 fully saturated rings. The van der Waals surface area contributed by atoms with Crippen LogP contribution in [-0.4, -0.2) is 17.9 Å². The first kappa shape index (κ1) is 17.0. The minimum Gasteiger partial charge on any atom is -0.497 e. The summed E-state index contributed by atoms with van der Waals surface area (Å²) in [7, 11) is 1.64. The van der Waals surface area contributed by atoms with Gasteiger partial charge in [-0.2, -0.15) is 5.10 Å². The summed E-state index contributed by atoms with van der Waals surface area (Å²) in [5.74, 6) is 0.804. The molecule has 0 aliphatic heterocycles. The normalized spacial score (nSPS) is 11.0. The molecular formula is C18H21N3OS. The Hall–Kier alpha value is -2.40. The Balaban J connectivity index is 1.97. The number of ether oxygens (including phenoxy) is 1. The second kappa shape index (κ2) is 7.74. The molecule has 0 spiro atoms. The molecule has 0 bridgehead atoms. The molecule has 23 heavy (non-hydrogen) atoms. The van der Waals surface area contributed by atoms with Gasteiger partial charge in [0.1, 0.15) is 5.75 Å². The molecule has 2 aromatic carbocycles. The van der Waals surface area contributed by atoms with Gasteiger partial charge in [-0.05, 0) is 80.0 Å². The van der Waals surface area contributed by atoms with Crippen LogP contribution in [0.1, 0.15) is 23.6 Å². The van der Waals surface area contributed by atoms with Crippen LogP contribution in [0.2, 0.25) is 0 Å². The zero-order valence-electron chi connectivity index (χ0n) is 13.8. The Labute approximate surface area is 142 Å². The highest BCUT2D eigenvalue weighted by atomic mass is 32.1. The molecule has 0 aliphatic rings. The lowest BCUT2D eigenvalue weighted by atomic mass is 10.0. The Kier molecular flexibility index (Phi) is 5.71. The third-order valence-electron chi connectivity index (χ3n) is 3.60. The summed E-state index contributed by atoms with van der Waals surface area (Å²) < 4.78 is 5.12. The number of anilines is 1. The maximum Gasteiger partial charge on any atom is 0.191 e. The highest BCUT2D eigenvalue weighted by Gasteiger charge is 2.01. The van der Waals surface area contributed by atoms with Crippen molar-refractivity contribution in [2.24, 2.45) is 5.10 Å². The van der Waals surface area contributed by atoms with Crippen LogP contribution in [0.4, 0.5) is 5.69 Å². The second-order valence-electron chi connectivity index (χ2n) is 5.29. The van der Waals surface area contributed by atoms with Gasteiger partial charge < -0.3 is 10.1 Å². The van der Waals surface area contributed by atoms with Crippen LogP contribution in [0, 0.1) is 13.8 Å². The Bertz CT molecular complexity index is 724. The van der Waals surface area contributed by atoms with Crippen LogP contribution >= 0.6 is 12.2 Å². The molecule has 0 saturated heterocycles. The van der Waals surface area contributed by atoms with E-state index in [0.717, 1.165) is 22.7 Å². The van der Waals surface area contributed by atoms with Crippen LogP contribution in [-0.2, 0) is 0 Å². The van der Waals surface area contributed by atoms with Crippen molar-refractivity contribution in [3.8, 4) is 5.75 Å². The minimum atomic E-state index is 0.443. The first-order chi connectivity index (χ1) is 11.0. The molecule has 0 aliphatic carbocycles. The highest BCUT2D eigenvalue weighted by Crippen LogP contribution is 2.15. The Morgan fingerprint density at radius 3 is 2.35 bits per heavy atom. The van der Waals surface area contributed by atoms with E-state index in [1.54, 1.807) is 7.11 Å². The fraction of sp³-hybridized carbons (Fsp3) is 0.222. The molecule has 5 heteroatoms. The summed E-state index contributed by atoms with van der Waals surface area (Å²) >= 11 is 5.25. The largest absolute Gasteiger partial charge is 0.497 e. The summed E-state index contributed by atoms with van der Waals surface area (Å²) in [5, 5.41) is 7.85. The Morgan fingerprint density at radius 2 is 1.74 bits per heavy atom. The molecule has 0 saturated carbocycles. The average Bonchev–Trinajstić information content (AvgIpc) is 2.56. The van der Waals surface area contributed by atoms with Crippen LogP contribution in [0.3, 0.4) is 0 Å². The lowest BCUT2D eigenvalue weighted by Gasteiger charge is -2.09. The molecule has 2 aromatic rings. The van der Waals surface area contributed by atoms with Crippen LogP contribution < -0.4 is 15.5 Å².